The number of nitrogens with one attached hydrogen (secondary N) is 2. The van der Waals surface area contributed by atoms with Crippen molar-refractivity contribution in [3.63, 3.8) is 0 Å². The van der Waals surface area contributed by atoms with Gasteiger partial charge in [-0.15, -0.1) is 0 Å². The topological polar surface area (TPSA) is 68.9 Å². The molecular formula is C16H16N2O2. The Morgan fingerprint density at radius 2 is 2.10 bits per heavy atom. The molecule has 4 heteroatoms. The van der Waals surface area contributed by atoms with E-state index in [9.17, 15) is 9.90 Å². The van der Waals surface area contributed by atoms with Gasteiger partial charge in [-0.05, 0) is 30.2 Å². The van der Waals surface area contributed by atoms with Crippen molar-refractivity contribution in [2.24, 2.45) is 0 Å². The quantitative estimate of drug-likeness (QED) is 0.678. The van der Waals surface area contributed by atoms with Crippen molar-refractivity contribution < 1.29 is 9.90 Å². The van der Waals surface area contributed by atoms with Gasteiger partial charge in [0.05, 0.1) is 6.42 Å². The Morgan fingerprint density at radius 1 is 1.30 bits per heavy atom. The standard InChI is InChI=1S/C16H16N2O2/c1-10-16(12-4-2-3-5-14(12)18-10)13(8-15(19)20)11-6-7-17-9-11/h2-7,9,13,17-18H,8H2,1H3,(H,19,20). The molecule has 3 N–H and O–H groups in total. The van der Waals surface area contributed by atoms with E-state index in [4.69, 9.17) is 0 Å². The highest BCUT2D eigenvalue weighted by Gasteiger charge is 2.23. The highest BCUT2D eigenvalue weighted by Crippen LogP contribution is 2.35. The summed E-state index contributed by atoms with van der Waals surface area (Å²) < 4.78 is 0. The third-order valence-corrected chi connectivity index (χ3v) is 3.69. The Hall–Kier alpha value is -2.49. The van der Waals surface area contributed by atoms with E-state index >= 15 is 0 Å². The molecule has 20 heavy (non-hydrogen) atoms. The molecule has 0 spiro atoms. The number of aromatic amines is 2. The molecule has 3 aromatic rings. The van der Waals surface area contributed by atoms with Gasteiger partial charge in [-0.3, -0.25) is 4.79 Å². The van der Waals surface area contributed by atoms with Gasteiger partial charge >= 0.3 is 5.97 Å². The molecule has 0 saturated heterocycles. The predicted octanol–water partition coefficient (Wildman–Crippen LogP) is 3.41. The lowest BCUT2D eigenvalue weighted by Crippen LogP contribution is -2.08. The van der Waals surface area contributed by atoms with Gasteiger partial charge in [0, 0.05) is 34.9 Å². The fourth-order valence-corrected chi connectivity index (χ4v) is 2.86. The maximum absolute atomic E-state index is 11.2. The van der Waals surface area contributed by atoms with Crippen LogP contribution in [0.1, 0.15) is 29.2 Å². The van der Waals surface area contributed by atoms with Crippen molar-refractivity contribution in [3.05, 3.63) is 59.5 Å². The second-order valence-corrected chi connectivity index (χ2v) is 5.00. The fourth-order valence-electron chi connectivity index (χ4n) is 2.86. The number of aryl methyl sites for hydroxylation is 1. The molecule has 0 aliphatic carbocycles. The van der Waals surface area contributed by atoms with E-state index < -0.39 is 5.97 Å². The fraction of sp³-hybridized carbons (Fsp3) is 0.188. The first-order chi connectivity index (χ1) is 9.66. The average Bonchev–Trinajstić information content (AvgIpc) is 3.02. The number of para-hydroxylation sites is 1. The second kappa shape index (κ2) is 4.89. The smallest absolute Gasteiger partial charge is 0.304 e. The molecule has 0 bridgehead atoms. The molecule has 1 unspecified atom stereocenters. The monoisotopic (exact) mass is 268 g/mol. The van der Waals surface area contributed by atoms with Crippen LogP contribution in [-0.2, 0) is 4.79 Å². The first-order valence-electron chi connectivity index (χ1n) is 6.58. The molecule has 0 amide bonds. The number of rotatable bonds is 4. The van der Waals surface area contributed by atoms with E-state index in [-0.39, 0.29) is 12.3 Å². The van der Waals surface area contributed by atoms with Gasteiger partial charge in [-0.25, -0.2) is 0 Å². The number of carbonyl (C=O) groups is 1. The Morgan fingerprint density at radius 3 is 2.80 bits per heavy atom. The van der Waals surface area contributed by atoms with Crippen LogP contribution in [-0.4, -0.2) is 21.0 Å². The summed E-state index contributed by atoms with van der Waals surface area (Å²) in [4.78, 5) is 17.6. The molecule has 0 fully saturated rings. The summed E-state index contributed by atoms with van der Waals surface area (Å²) in [5, 5.41) is 10.3. The van der Waals surface area contributed by atoms with Crippen LogP contribution in [0.5, 0.6) is 0 Å². The summed E-state index contributed by atoms with van der Waals surface area (Å²) in [6, 6.07) is 9.95. The normalized spacial score (nSPS) is 12.7. The summed E-state index contributed by atoms with van der Waals surface area (Å²) in [5.41, 5.74) is 4.15. The van der Waals surface area contributed by atoms with Gasteiger partial charge in [0.25, 0.3) is 0 Å². The van der Waals surface area contributed by atoms with E-state index in [1.807, 2.05) is 49.6 Å². The minimum atomic E-state index is -0.791. The van der Waals surface area contributed by atoms with Crippen molar-refractivity contribution in [2.45, 2.75) is 19.3 Å². The van der Waals surface area contributed by atoms with Crippen LogP contribution >= 0.6 is 0 Å². The number of hydrogen-bond acceptors (Lipinski definition) is 1. The molecule has 0 aliphatic heterocycles. The van der Waals surface area contributed by atoms with Crippen molar-refractivity contribution in [2.75, 3.05) is 0 Å². The lowest BCUT2D eigenvalue weighted by atomic mass is 9.88. The Labute approximate surface area is 116 Å². The Bertz CT molecular complexity index is 741. The highest BCUT2D eigenvalue weighted by molar-refractivity contribution is 5.86. The molecule has 2 heterocycles. The van der Waals surface area contributed by atoms with Crippen LogP contribution in [0.15, 0.2) is 42.7 Å². The maximum Gasteiger partial charge on any atom is 0.304 e. The number of carboxylic acid groups (broad SMARTS) is 1. The lowest BCUT2D eigenvalue weighted by molar-refractivity contribution is -0.137. The summed E-state index contributed by atoms with van der Waals surface area (Å²) in [7, 11) is 0. The summed E-state index contributed by atoms with van der Waals surface area (Å²) in [6.07, 6.45) is 3.78. The van der Waals surface area contributed by atoms with Gasteiger partial charge < -0.3 is 15.1 Å². The Kier molecular flexibility index (Phi) is 3.06. The summed E-state index contributed by atoms with van der Waals surface area (Å²) >= 11 is 0. The minimum absolute atomic E-state index is 0.0839. The van der Waals surface area contributed by atoms with Crippen LogP contribution in [0, 0.1) is 6.92 Å². The van der Waals surface area contributed by atoms with Gasteiger partial charge in [-0.2, -0.15) is 0 Å². The number of hydrogen-bond donors (Lipinski definition) is 3. The van der Waals surface area contributed by atoms with Crippen LogP contribution < -0.4 is 0 Å². The van der Waals surface area contributed by atoms with Crippen LogP contribution in [0.3, 0.4) is 0 Å². The van der Waals surface area contributed by atoms with Crippen molar-refractivity contribution in [1.29, 1.82) is 0 Å². The lowest BCUT2D eigenvalue weighted by Gasteiger charge is -2.14. The summed E-state index contributed by atoms with van der Waals surface area (Å²) in [5.74, 6) is -0.934. The van der Waals surface area contributed by atoms with Gasteiger partial charge in [0.1, 0.15) is 0 Å². The summed E-state index contributed by atoms with van der Waals surface area (Å²) in [6.45, 7) is 2.00. The number of aliphatic carboxylic acids is 1. The first kappa shape index (κ1) is 12.5. The zero-order chi connectivity index (χ0) is 14.1. The molecule has 0 saturated carbocycles. The van der Waals surface area contributed by atoms with Crippen LogP contribution in [0.25, 0.3) is 10.9 Å². The van der Waals surface area contributed by atoms with Crippen molar-refractivity contribution >= 4 is 16.9 Å². The van der Waals surface area contributed by atoms with E-state index in [0.29, 0.717) is 0 Å². The molecule has 1 aromatic carbocycles. The second-order valence-electron chi connectivity index (χ2n) is 5.00. The molecule has 102 valence electrons. The maximum atomic E-state index is 11.2. The minimum Gasteiger partial charge on any atom is -0.481 e. The number of aromatic nitrogens is 2. The van der Waals surface area contributed by atoms with E-state index in [1.165, 1.54) is 0 Å². The van der Waals surface area contributed by atoms with Crippen LogP contribution in [0.2, 0.25) is 0 Å². The molecule has 3 rings (SSSR count). The Balaban J connectivity index is 2.18. The molecule has 1 atom stereocenters. The molecule has 0 aliphatic rings. The molecule has 4 nitrogen and oxygen atoms in total. The van der Waals surface area contributed by atoms with E-state index in [0.717, 1.165) is 27.7 Å². The highest BCUT2D eigenvalue weighted by atomic mass is 16.4. The third kappa shape index (κ3) is 2.09. The first-order valence-corrected chi connectivity index (χ1v) is 6.58. The largest absolute Gasteiger partial charge is 0.481 e. The van der Waals surface area contributed by atoms with Crippen LogP contribution in [0.4, 0.5) is 0 Å². The van der Waals surface area contributed by atoms with Crippen molar-refractivity contribution in [3.8, 4) is 0 Å². The molecule has 0 radical (unpaired) electrons. The van der Waals surface area contributed by atoms with E-state index in [2.05, 4.69) is 9.97 Å². The molecular weight excluding hydrogens is 252 g/mol. The van der Waals surface area contributed by atoms with Gasteiger partial charge in [0.2, 0.25) is 0 Å². The number of carboxylic acids is 1. The zero-order valence-corrected chi connectivity index (χ0v) is 11.2. The number of benzene rings is 1. The van der Waals surface area contributed by atoms with Gasteiger partial charge in [0.15, 0.2) is 0 Å². The molecule has 2 aromatic heterocycles. The van der Waals surface area contributed by atoms with Crippen molar-refractivity contribution in [1.82, 2.24) is 9.97 Å². The average molecular weight is 268 g/mol. The van der Waals surface area contributed by atoms with E-state index in [1.54, 1.807) is 0 Å². The SMILES string of the molecule is Cc1[nH]c2ccccc2c1C(CC(=O)O)c1cc[nH]c1. The third-order valence-electron chi connectivity index (χ3n) is 3.69. The number of H-pyrrole nitrogens is 2. The predicted molar refractivity (Wildman–Crippen MR) is 77.9 cm³/mol. The zero-order valence-electron chi connectivity index (χ0n) is 11.2. The number of fused-ring (bicyclic) bond motifs is 1. The van der Waals surface area contributed by atoms with Gasteiger partial charge in [-0.1, -0.05) is 18.2 Å².